The predicted molar refractivity (Wildman–Crippen MR) is 80.3 cm³/mol. The third kappa shape index (κ3) is 3.85. The Labute approximate surface area is 140 Å². The molecule has 1 aromatic carbocycles. The van der Waals surface area contributed by atoms with Gasteiger partial charge >= 0.3 is 12.1 Å². The van der Waals surface area contributed by atoms with E-state index in [0.29, 0.717) is 0 Å². The van der Waals surface area contributed by atoms with Crippen molar-refractivity contribution in [3.8, 4) is 11.3 Å². The average Bonchev–Trinajstić information content (AvgIpc) is 3.08. The zero-order valence-electron chi connectivity index (χ0n) is 12.7. The molecule has 0 aliphatic rings. The number of alkyl halides is 3. The minimum absolute atomic E-state index is 0.0142. The minimum Gasteiger partial charge on any atom is -0.454 e. The van der Waals surface area contributed by atoms with E-state index in [2.05, 4.69) is 10.1 Å². The van der Waals surface area contributed by atoms with Crippen LogP contribution in [0, 0.1) is 0 Å². The van der Waals surface area contributed by atoms with Crippen LogP contribution in [0.15, 0.2) is 59.4 Å². The highest BCUT2D eigenvalue weighted by Crippen LogP contribution is 2.36. The Morgan fingerprint density at radius 2 is 1.96 bits per heavy atom. The molecule has 0 saturated carbocycles. The van der Waals surface area contributed by atoms with Crippen molar-refractivity contribution in [1.29, 1.82) is 0 Å². The van der Waals surface area contributed by atoms with Crippen LogP contribution < -0.4 is 0 Å². The van der Waals surface area contributed by atoms with Gasteiger partial charge in [-0.2, -0.15) is 13.2 Å². The number of hydrogen-bond donors (Lipinski definition) is 0. The number of aromatic nitrogens is 2. The highest BCUT2D eigenvalue weighted by atomic mass is 19.4. The molecule has 3 aromatic rings. The maximum Gasteiger partial charge on any atom is 0.417 e. The molecule has 25 heavy (non-hydrogen) atoms. The summed E-state index contributed by atoms with van der Waals surface area (Å²) in [4.78, 5) is 15.6. The lowest BCUT2D eigenvalue weighted by molar-refractivity contribution is -0.137. The lowest BCUT2D eigenvalue weighted by Crippen LogP contribution is -2.06. The number of ether oxygens (including phenoxy) is 1. The number of pyridine rings is 1. The first-order valence-electron chi connectivity index (χ1n) is 7.14. The number of halogens is 3. The molecule has 3 rings (SSSR count). The van der Waals surface area contributed by atoms with Crippen LogP contribution in [0.3, 0.4) is 0 Å². The number of carbonyl (C=O) groups excluding carboxylic acids is 1. The first-order valence-corrected chi connectivity index (χ1v) is 7.14. The normalized spacial score (nSPS) is 11.3. The molecule has 128 valence electrons. The molecule has 0 amide bonds. The number of rotatable bonds is 4. The van der Waals surface area contributed by atoms with Gasteiger partial charge in [0.15, 0.2) is 12.4 Å². The summed E-state index contributed by atoms with van der Waals surface area (Å²) in [6.45, 7) is -0.255. The summed E-state index contributed by atoms with van der Waals surface area (Å²) in [6, 6.07) is 9.45. The van der Waals surface area contributed by atoms with Crippen LogP contribution in [0.5, 0.6) is 0 Å². The Balaban J connectivity index is 1.75. The summed E-state index contributed by atoms with van der Waals surface area (Å²) in [5.74, 6) is -0.494. The fraction of sp³-hybridized carbons (Fsp3) is 0.118. The summed E-state index contributed by atoms with van der Waals surface area (Å²) in [5, 5.41) is 3.63. The van der Waals surface area contributed by atoms with Gasteiger partial charge in [-0.05, 0) is 18.2 Å². The largest absolute Gasteiger partial charge is 0.454 e. The molecule has 8 heteroatoms. The van der Waals surface area contributed by atoms with Gasteiger partial charge in [-0.3, -0.25) is 4.98 Å². The van der Waals surface area contributed by atoms with E-state index in [1.165, 1.54) is 42.7 Å². The second-order valence-corrected chi connectivity index (χ2v) is 5.04. The first-order chi connectivity index (χ1) is 11.9. The number of esters is 1. The lowest BCUT2D eigenvalue weighted by Gasteiger charge is -2.10. The van der Waals surface area contributed by atoms with Crippen LogP contribution in [0.2, 0.25) is 0 Å². The van der Waals surface area contributed by atoms with Crippen LogP contribution in [0.4, 0.5) is 13.2 Å². The van der Waals surface area contributed by atoms with Crippen LogP contribution in [0.25, 0.3) is 11.3 Å². The summed E-state index contributed by atoms with van der Waals surface area (Å²) in [5.41, 5.74) is -0.657. The van der Waals surface area contributed by atoms with Crippen molar-refractivity contribution in [2.75, 3.05) is 0 Å². The molecule has 0 unspecified atom stereocenters. The van der Waals surface area contributed by atoms with Crippen LogP contribution in [-0.2, 0) is 17.5 Å². The number of hydrogen-bond acceptors (Lipinski definition) is 5. The quantitative estimate of drug-likeness (QED) is 0.664. The van der Waals surface area contributed by atoms with Crippen molar-refractivity contribution in [3.63, 3.8) is 0 Å². The fourth-order valence-corrected chi connectivity index (χ4v) is 2.17. The van der Waals surface area contributed by atoms with Gasteiger partial charge < -0.3 is 9.26 Å². The van der Waals surface area contributed by atoms with Crippen molar-refractivity contribution >= 4 is 5.97 Å². The van der Waals surface area contributed by atoms with Crippen molar-refractivity contribution < 1.29 is 27.2 Å². The first kappa shape index (κ1) is 16.7. The number of carbonyl (C=O) groups is 1. The van der Waals surface area contributed by atoms with Crippen molar-refractivity contribution in [2.45, 2.75) is 12.8 Å². The summed E-state index contributed by atoms with van der Waals surface area (Å²) in [6.07, 6.45) is -1.66. The predicted octanol–water partition coefficient (Wildman–Crippen LogP) is 4.11. The van der Waals surface area contributed by atoms with E-state index >= 15 is 0 Å². The Bertz CT molecular complexity index is 876. The molecule has 0 aliphatic heterocycles. The van der Waals surface area contributed by atoms with Crippen molar-refractivity contribution in [3.05, 3.63) is 71.7 Å². The molecule has 0 radical (unpaired) electrons. The highest BCUT2D eigenvalue weighted by molar-refractivity contribution is 5.88. The molecule has 0 bridgehead atoms. The topological polar surface area (TPSA) is 65.2 Å². The zero-order valence-corrected chi connectivity index (χ0v) is 12.7. The second-order valence-electron chi connectivity index (χ2n) is 5.04. The van der Waals surface area contributed by atoms with Crippen LogP contribution >= 0.6 is 0 Å². The van der Waals surface area contributed by atoms with E-state index in [9.17, 15) is 18.0 Å². The number of benzene rings is 1. The van der Waals surface area contributed by atoms with E-state index in [0.717, 1.165) is 6.07 Å². The molecule has 5 nitrogen and oxygen atoms in total. The molecule has 0 aliphatic carbocycles. The van der Waals surface area contributed by atoms with Crippen molar-refractivity contribution in [2.24, 2.45) is 0 Å². The minimum atomic E-state index is -4.51. The van der Waals surface area contributed by atoms with E-state index in [-0.39, 0.29) is 29.2 Å². The van der Waals surface area contributed by atoms with Crippen LogP contribution in [-0.4, -0.2) is 16.1 Å². The Morgan fingerprint density at radius 1 is 1.16 bits per heavy atom. The molecule has 2 aromatic heterocycles. The Hall–Kier alpha value is -3.16. The van der Waals surface area contributed by atoms with Crippen molar-refractivity contribution in [1.82, 2.24) is 10.1 Å². The SMILES string of the molecule is O=C(OCc1cc(-c2ccccc2C(F)(F)F)no1)c1cccnc1. The Kier molecular flexibility index (Phi) is 4.51. The van der Waals surface area contributed by atoms with Gasteiger partial charge in [0.1, 0.15) is 5.69 Å². The van der Waals surface area contributed by atoms with E-state index in [1.807, 2.05) is 0 Å². The average molecular weight is 348 g/mol. The standard InChI is InChI=1S/C17H11F3N2O3/c18-17(19,20)14-6-2-1-5-13(14)15-8-12(25-22-15)10-24-16(23)11-4-3-7-21-9-11/h1-9H,10H2. The smallest absolute Gasteiger partial charge is 0.417 e. The molecule has 0 N–H and O–H groups in total. The summed E-state index contributed by atoms with van der Waals surface area (Å²) < 4.78 is 49.1. The van der Waals surface area contributed by atoms with Gasteiger partial charge in [-0.15, -0.1) is 0 Å². The van der Waals surface area contributed by atoms with Gasteiger partial charge in [-0.25, -0.2) is 4.79 Å². The second kappa shape index (κ2) is 6.76. The maximum atomic E-state index is 13.0. The molecule has 0 atom stereocenters. The van der Waals surface area contributed by atoms with Gasteiger partial charge in [-0.1, -0.05) is 23.4 Å². The lowest BCUT2D eigenvalue weighted by atomic mass is 10.0. The van der Waals surface area contributed by atoms with E-state index in [1.54, 1.807) is 6.07 Å². The van der Waals surface area contributed by atoms with Crippen LogP contribution in [0.1, 0.15) is 21.7 Å². The third-order valence-corrected chi connectivity index (χ3v) is 3.31. The van der Waals surface area contributed by atoms with E-state index in [4.69, 9.17) is 9.26 Å². The molecule has 2 heterocycles. The molecule has 0 fully saturated rings. The van der Waals surface area contributed by atoms with Gasteiger partial charge in [0.25, 0.3) is 0 Å². The van der Waals surface area contributed by atoms with Gasteiger partial charge in [0.05, 0.1) is 11.1 Å². The molecule has 0 saturated heterocycles. The molecule has 0 spiro atoms. The van der Waals surface area contributed by atoms with Gasteiger partial charge in [0.2, 0.25) is 0 Å². The fourth-order valence-electron chi connectivity index (χ4n) is 2.17. The molecular weight excluding hydrogens is 337 g/mol. The summed E-state index contributed by atoms with van der Waals surface area (Å²) in [7, 11) is 0. The third-order valence-electron chi connectivity index (χ3n) is 3.31. The van der Waals surface area contributed by atoms with Gasteiger partial charge in [0, 0.05) is 24.0 Å². The summed E-state index contributed by atoms with van der Waals surface area (Å²) >= 11 is 0. The molecular formula is C17H11F3N2O3. The van der Waals surface area contributed by atoms with E-state index < -0.39 is 17.7 Å². The highest BCUT2D eigenvalue weighted by Gasteiger charge is 2.34. The maximum absolute atomic E-state index is 13.0. The number of nitrogens with zero attached hydrogens (tertiary/aromatic N) is 2. The zero-order chi connectivity index (χ0) is 17.9. The Morgan fingerprint density at radius 3 is 2.68 bits per heavy atom. The monoisotopic (exact) mass is 348 g/mol.